The lowest BCUT2D eigenvalue weighted by Crippen LogP contribution is -2.40. The highest BCUT2D eigenvalue weighted by Gasteiger charge is 2.26. The Morgan fingerprint density at radius 2 is 1.93 bits per heavy atom. The van der Waals surface area contributed by atoms with Crippen molar-refractivity contribution in [1.82, 2.24) is 5.32 Å². The van der Waals surface area contributed by atoms with Gasteiger partial charge in [0.25, 0.3) is 0 Å². The Morgan fingerprint density at radius 3 is 2.53 bits per heavy atom. The van der Waals surface area contributed by atoms with Gasteiger partial charge >= 0.3 is 0 Å². The molecule has 1 saturated carbocycles. The molecule has 1 saturated heterocycles. The maximum atomic E-state index is 11.9. The zero-order chi connectivity index (χ0) is 10.7. The molecular formula is C12H21NO2. The van der Waals surface area contributed by atoms with E-state index >= 15 is 0 Å². The number of carbonyl (C=O) groups excluding carboxylic acids is 1. The second kappa shape index (κ2) is 4.97. The number of carbonyl (C=O) groups is 1. The predicted octanol–water partition coefficient (Wildman–Crippen LogP) is 1.72. The van der Waals surface area contributed by atoms with Crippen LogP contribution in [0.3, 0.4) is 0 Å². The minimum atomic E-state index is 0.261. The second-order valence-electron chi connectivity index (χ2n) is 5.03. The molecule has 1 aliphatic carbocycles. The van der Waals surface area contributed by atoms with Crippen molar-refractivity contribution >= 4 is 5.91 Å². The van der Waals surface area contributed by atoms with Crippen LogP contribution in [0, 0.1) is 11.8 Å². The van der Waals surface area contributed by atoms with Gasteiger partial charge in [-0.2, -0.15) is 0 Å². The molecule has 1 atom stereocenters. The molecule has 0 aromatic carbocycles. The van der Waals surface area contributed by atoms with Crippen LogP contribution in [0.5, 0.6) is 0 Å². The summed E-state index contributed by atoms with van der Waals surface area (Å²) in [5, 5.41) is 3.10. The zero-order valence-electron chi connectivity index (χ0n) is 9.50. The van der Waals surface area contributed by atoms with Gasteiger partial charge in [0.1, 0.15) is 0 Å². The molecule has 2 fully saturated rings. The van der Waals surface area contributed by atoms with Crippen LogP contribution >= 0.6 is 0 Å². The van der Waals surface area contributed by atoms with Gasteiger partial charge < -0.3 is 10.1 Å². The maximum absolute atomic E-state index is 11.9. The summed E-state index contributed by atoms with van der Waals surface area (Å²) >= 11 is 0. The van der Waals surface area contributed by atoms with E-state index in [2.05, 4.69) is 12.2 Å². The van der Waals surface area contributed by atoms with Crippen LogP contribution in [0.1, 0.15) is 39.0 Å². The first kappa shape index (κ1) is 10.9. The summed E-state index contributed by atoms with van der Waals surface area (Å²) in [6.45, 7) is 3.78. The van der Waals surface area contributed by atoms with Gasteiger partial charge in [-0.15, -0.1) is 0 Å². The predicted molar refractivity (Wildman–Crippen MR) is 58.5 cm³/mol. The van der Waals surface area contributed by atoms with Crippen molar-refractivity contribution in [3.8, 4) is 0 Å². The molecule has 1 aliphatic heterocycles. The highest BCUT2D eigenvalue weighted by Crippen LogP contribution is 2.28. The van der Waals surface area contributed by atoms with Crippen LogP contribution < -0.4 is 5.32 Å². The first-order valence-corrected chi connectivity index (χ1v) is 6.14. The zero-order valence-corrected chi connectivity index (χ0v) is 9.50. The Balaban J connectivity index is 1.75. The van der Waals surface area contributed by atoms with E-state index in [4.69, 9.17) is 4.74 Å². The van der Waals surface area contributed by atoms with E-state index in [0.717, 1.165) is 31.8 Å². The fraction of sp³-hybridized carbons (Fsp3) is 0.917. The molecule has 1 unspecified atom stereocenters. The molecule has 1 N–H and O–H groups in total. The summed E-state index contributed by atoms with van der Waals surface area (Å²) in [5.41, 5.74) is 0. The van der Waals surface area contributed by atoms with Gasteiger partial charge in [-0.3, -0.25) is 4.79 Å². The van der Waals surface area contributed by atoms with Crippen molar-refractivity contribution in [1.29, 1.82) is 0 Å². The Labute approximate surface area is 91.6 Å². The van der Waals surface area contributed by atoms with Gasteiger partial charge in [0.2, 0.25) is 5.91 Å². The van der Waals surface area contributed by atoms with E-state index in [-0.39, 0.29) is 17.9 Å². The van der Waals surface area contributed by atoms with Gasteiger partial charge in [-0.25, -0.2) is 0 Å². The summed E-state index contributed by atoms with van der Waals surface area (Å²) < 4.78 is 5.25. The van der Waals surface area contributed by atoms with Crippen molar-refractivity contribution in [2.24, 2.45) is 11.8 Å². The minimum absolute atomic E-state index is 0.261. The number of nitrogens with one attached hydrogen (secondary N) is 1. The number of hydrogen-bond donors (Lipinski definition) is 1. The van der Waals surface area contributed by atoms with Crippen LogP contribution in [0.4, 0.5) is 0 Å². The molecule has 0 radical (unpaired) electrons. The molecule has 3 nitrogen and oxygen atoms in total. The molecule has 0 bridgehead atoms. The monoisotopic (exact) mass is 211 g/mol. The fourth-order valence-corrected chi connectivity index (χ4v) is 2.49. The molecule has 0 aromatic rings. The molecular weight excluding hydrogens is 190 g/mol. The Kier molecular flexibility index (Phi) is 3.62. The molecule has 2 aliphatic rings. The molecule has 0 aromatic heterocycles. The smallest absolute Gasteiger partial charge is 0.223 e. The van der Waals surface area contributed by atoms with Crippen LogP contribution in [0.15, 0.2) is 0 Å². The quantitative estimate of drug-likeness (QED) is 0.755. The number of amides is 1. The molecule has 3 heteroatoms. The van der Waals surface area contributed by atoms with Gasteiger partial charge in [-0.1, -0.05) is 6.92 Å². The lowest BCUT2D eigenvalue weighted by Gasteiger charge is -2.26. The van der Waals surface area contributed by atoms with E-state index < -0.39 is 0 Å². The normalized spacial score (nSPS) is 36.5. The summed E-state index contributed by atoms with van der Waals surface area (Å²) in [6, 6.07) is 0.275. The highest BCUT2D eigenvalue weighted by molar-refractivity contribution is 5.79. The van der Waals surface area contributed by atoms with E-state index in [0.29, 0.717) is 6.61 Å². The SMILES string of the molecule is CC1CCC(C(=O)NC2CCOC2)CC1. The van der Waals surface area contributed by atoms with Crippen molar-refractivity contribution < 1.29 is 9.53 Å². The standard InChI is InChI=1S/C12H21NO2/c1-9-2-4-10(5-3-9)12(14)13-11-6-7-15-8-11/h9-11H,2-8H2,1H3,(H,13,14). The summed E-state index contributed by atoms with van der Waals surface area (Å²) in [7, 11) is 0. The average molecular weight is 211 g/mol. The van der Waals surface area contributed by atoms with Crippen LogP contribution in [0.25, 0.3) is 0 Å². The lowest BCUT2D eigenvalue weighted by atomic mass is 9.82. The molecule has 86 valence electrons. The molecule has 1 amide bonds. The Morgan fingerprint density at radius 1 is 1.20 bits per heavy atom. The average Bonchev–Trinajstić information content (AvgIpc) is 2.71. The molecule has 15 heavy (non-hydrogen) atoms. The van der Waals surface area contributed by atoms with Crippen LogP contribution in [-0.2, 0) is 9.53 Å². The summed E-state index contributed by atoms with van der Waals surface area (Å²) in [5.74, 6) is 1.34. The number of rotatable bonds is 2. The first-order chi connectivity index (χ1) is 7.25. The lowest BCUT2D eigenvalue weighted by molar-refractivity contribution is -0.126. The molecule has 0 spiro atoms. The van der Waals surface area contributed by atoms with Crippen molar-refractivity contribution in [3.63, 3.8) is 0 Å². The van der Waals surface area contributed by atoms with E-state index in [9.17, 15) is 4.79 Å². The highest BCUT2D eigenvalue weighted by atomic mass is 16.5. The van der Waals surface area contributed by atoms with Gasteiger partial charge in [0.05, 0.1) is 12.6 Å². The van der Waals surface area contributed by atoms with E-state index in [1.807, 2.05) is 0 Å². The largest absolute Gasteiger partial charge is 0.379 e. The third-order valence-electron chi connectivity index (χ3n) is 3.66. The third kappa shape index (κ3) is 2.94. The van der Waals surface area contributed by atoms with E-state index in [1.165, 1.54) is 12.8 Å². The van der Waals surface area contributed by atoms with Crippen LogP contribution in [-0.4, -0.2) is 25.2 Å². The van der Waals surface area contributed by atoms with Gasteiger partial charge in [0, 0.05) is 12.5 Å². The Hall–Kier alpha value is -0.570. The maximum Gasteiger partial charge on any atom is 0.223 e. The van der Waals surface area contributed by atoms with Crippen molar-refractivity contribution in [2.45, 2.75) is 45.1 Å². The topological polar surface area (TPSA) is 38.3 Å². The molecule has 2 rings (SSSR count). The summed E-state index contributed by atoms with van der Waals surface area (Å²) in [6.07, 6.45) is 5.54. The third-order valence-corrected chi connectivity index (χ3v) is 3.66. The van der Waals surface area contributed by atoms with E-state index in [1.54, 1.807) is 0 Å². The summed E-state index contributed by atoms with van der Waals surface area (Å²) in [4.78, 5) is 11.9. The van der Waals surface area contributed by atoms with Crippen molar-refractivity contribution in [3.05, 3.63) is 0 Å². The first-order valence-electron chi connectivity index (χ1n) is 6.14. The Bertz CT molecular complexity index is 216. The number of ether oxygens (including phenoxy) is 1. The van der Waals surface area contributed by atoms with Crippen molar-refractivity contribution in [2.75, 3.05) is 13.2 Å². The van der Waals surface area contributed by atoms with Gasteiger partial charge in [-0.05, 0) is 38.0 Å². The van der Waals surface area contributed by atoms with Crippen LogP contribution in [0.2, 0.25) is 0 Å². The second-order valence-corrected chi connectivity index (χ2v) is 5.03. The number of hydrogen-bond acceptors (Lipinski definition) is 2. The minimum Gasteiger partial charge on any atom is -0.379 e. The molecule has 1 heterocycles. The fourth-order valence-electron chi connectivity index (χ4n) is 2.49. The van der Waals surface area contributed by atoms with Gasteiger partial charge in [0.15, 0.2) is 0 Å².